The van der Waals surface area contributed by atoms with Crippen molar-refractivity contribution < 1.29 is 9.90 Å². The molecule has 0 aromatic heterocycles. The van der Waals surface area contributed by atoms with Gasteiger partial charge in [-0.25, -0.2) is 0 Å². The van der Waals surface area contributed by atoms with Crippen LogP contribution >= 0.6 is 0 Å². The normalized spacial score (nSPS) is 21.1. The maximum absolute atomic E-state index is 10.8. The van der Waals surface area contributed by atoms with Gasteiger partial charge in [-0.05, 0) is 12.8 Å². The standard InChI is InChI=1S/C10H15NO2/c1-3-9(10(12)13)11-6-4-8(2)5-7-11/h3,9H,1-2,4-7H2,(H,12,13). The van der Waals surface area contributed by atoms with Crippen LogP contribution in [-0.2, 0) is 4.79 Å². The average molecular weight is 181 g/mol. The fourth-order valence-electron chi connectivity index (χ4n) is 1.52. The van der Waals surface area contributed by atoms with Gasteiger partial charge in [-0.15, -0.1) is 6.58 Å². The Morgan fingerprint density at radius 1 is 1.54 bits per heavy atom. The Balaban J connectivity index is 2.55. The molecule has 1 unspecified atom stereocenters. The Morgan fingerprint density at radius 2 is 2.08 bits per heavy atom. The first-order valence-corrected chi connectivity index (χ1v) is 4.41. The Morgan fingerprint density at radius 3 is 2.46 bits per heavy atom. The Labute approximate surface area is 78.4 Å². The van der Waals surface area contributed by atoms with Gasteiger partial charge >= 0.3 is 5.97 Å². The highest BCUT2D eigenvalue weighted by molar-refractivity contribution is 5.75. The fraction of sp³-hybridized carbons (Fsp3) is 0.500. The van der Waals surface area contributed by atoms with E-state index < -0.39 is 12.0 Å². The lowest BCUT2D eigenvalue weighted by atomic mass is 10.0. The molecule has 1 aliphatic rings. The zero-order valence-electron chi connectivity index (χ0n) is 7.70. The second-order valence-electron chi connectivity index (χ2n) is 3.30. The van der Waals surface area contributed by atoms with Gasteiger partial charge in [-0.2, -0.15) is 0 Å². The number of hydrogen-bond acceptors (Lipinski definition) is 2. The van der Waals surface area contributed by atoms with Crippen molar-refractivity contribution in [2.24, 2.45) is 0 Å². The summed E-state index contributed by atoms with van der Waals surface area (Å²) in [5, 5.41) is 8.86. The largest absolute Gasteiger partial charge is 0.480 e. The zero-order valence-corrected chi connectivity index (χ0v) is 7.70. The summed E-state index contributed by atoms with van der Waals surface area (Å²) in [7, 11) is 0. The van der Waals surface area contributed by atoms with Gasteiger partial charge in [0.1, 0.15) is 6.04 Å². The van der Waals surface area contributed by atoms with Gasteiger partial charge in [0.05, 0.1) is 0 Å². The molecule has 0 aliphatic carbocycles. The molecule has 0 aromatic carbocycles. The topological polar surface area (TPSA) is 40.5 Å². The van der Waals surface area contributed by atoms with Crippen molar-refractivity contribution in [3.8, 4) is 0 Å². The van der Waals surface area contributed by atoms with E-state index in [1.165, 1.54) is 11.6 Å². The molecule has 0 bridgehead atoms. The zero-order chi connectivity index (χ0) is 9.84. The summed E-state index contributed by atoms with van der Waals surface area (Å²) >= 11 is 0. The Bertz CT molecular complexity index is 225. The van der Waals surface area contributed by atoms with E-state index in [0.717, 1.165) is 25.9 Å². The summed E-state index contributed by atoms with van der Waals surface area (Å²) in [6.07, 6.45) is 3.28. The molecule has 1 rings (SSSR count). The predicted molar refractivity (Wildman–Crippen MR) is 51.6 cm³/mol. The molecule has 1 fully saturated rings. The van der Waals surface area contributed by atoms with Gasteiger partial charge in [0.15, 0.2) is 0 Å². The van der Waals surface area contributed by atoms with Crippen molar-refractivity contribution in [3.05, 3.63) is 24.8 Å². The van der Waals surface area contributed by atoms with Crippen LogP contribution in [0.25, 0.3) is 0 Å². The predicted octanol–water partition coefficient (Wildman–Crippen LogP) is 1.28. The molecule has 1 saturated heterocycles. The van der Waals surface area contributed by atoms with Gasteiger partial charge in [0, 0.05) is 13.1 Å². The molecule has 3 heteroatoms. The van der Waals surface area contributed by atoms with Crippen molar-refractivity contribution in [1.82, 2.24) is 4.90 Å². The number of piperidine rings is 1. The number of hydrogen-bond donors (Lipinski definition) is 1. The van der Waals surface area contributed by atoms with E-state index in [1.807, 2.05) is 4.90 Å². The summed E-state index contributed by atoms with van der Waals surface area (Å²) in [6.45, 7) is 8.97. The quantitative estimate of drug-likeness (QED) is 0.667. The molecule has 0 spiro atoms. The van der Waals surface area contributed by atoms with Gasteiger partial charge in [-0.3, -0.25) is 9.69 Å². The molecular weight excluding hydrogens is 166 g/mol. The number of aliphatic carboxylic acids is 1. The molecule has 1 N–H and O–H groups in total. The van der Waals surface area contributed by atoms with E-state index >= 15 is 0 Å². The fourth-order valence-corrected chi connectivity index (χ4v) is 1.52. The lowest BCUT2D eigenvalue weighted by Crippen LogP contribution is -2.43. The second-order valence-corrected chi connectivity index (χ2v) is 3.30. The molecular formula is C10H15NO2. The molecule has 0 aromatic rings. The molecule has 1 aliphatic heterocycles. The monoisotopic (exact) mass is 181 g/mol. The Kier molecular flexibility index (Phi) is 3.25. The second kappa shape index (κ2) is 4.23. The van der Waals surface area contributed by atoms with Crippen molar-refractivity contribution in [1.29, 1.82) is 0 Å². The minimum absolute atomic E-state index is 0.534. The first kappa shape index (κ1) is 9.99. The number of nitrogens with zero attached hydrogens (tertiary/aromatic N) is 1. The van der Waals surface area contributed by atoms with Crippen LogP contribution in [0.2, 0.25) is 0 Å². The lowest BCUT2D eigenvalue weighted by molar-refractivity contribution is -0.141. The first-order valence-electron chi connectivity index (χ1n) is 4.41. The third-order valence-electron chi connectivity index (χ3n) is 2.37. The number of rotatable bonds is 3. The molecule has 0 saturated carbocycles. The first-order chi connectivity index (χ1) is 6.15. The molecule has 3 nitrogen and oxygen atoms in total. The van der Waals surface area contributed by atoms with Crippen LogP contribution in [-0.4, -0.2) is 35.1 Å². The number of carboxylic acid groups (broad SMARTS) is 1. The van der Waals surface area contributed by atoms with Crippen LogP contribution in [0.4, 0.5) is 0 Å². The molecule has 72 valence electrons. The molecule has 1 atom stereocenters. The van der Waals surface area contributed by atoms with Crippen LogP contribution in [0.3, 0.4) is 0 Å². The van der Waals surface area contributed by atoms with E-state index in [2.05, 4.69) is 13.2 Å². The number of likely N-dealkylation sites (tertiary alicyclic amines) is 1. The highest BCUT2D eigenvalue weighted by Crippen LogP contribution is 2.16. The van der Waals surface area contributed by atoms with Gasteiger partial charge in [0.25, 0.3) is 0 Å². The third kappa shape index (κ3) is 2.42. The third-order valence-corrected chi connectivity index (χ3v) is 2.37. The van der Waals surface area contributed by atoms with Crippen LogP contribution in [0.1, 0.15) is 12.8 Å². The van der Waals surface area contributed by atoms with E-state index in [0.29, 0.717) is 0 Å². The highest BCUT2D eigenvalue weighted by Gasteiger charge is 2.24. The molecule has 0 amide bonds. The summed E-state index contributed by atoms with van der Waals surface area (Å²) in [6, 6.07) is -0.534. The van der Waals surface area contributed by atoms with Crippen LogP contribution < -0.4 is 0 Å². The van der Waals surface area contributed by atoms with E-state index in [4.69, 9.17) is 5.11 Å². The van der Waals surface area contributed by atoms with Crippen LogP contribution in [0.15, 0.2) is 24.8 Å². The van der Waals surface area contributed by atoms with Crippen LogP contribution in [0, 0.1) is 0 Å². The average Bonchev–Trinajstić information content (AvgIpc) is 2.09. The van der Waals surface area contributed by atoms with Crippen molar-refractivity contribution >= 4 is 5.97 Å². The molecule has 1 heterocycles. The summed E-state index contributed by atoms with van der Waals surface area (Å²) in [4.78, 5) is 12.7. The summed E-state index contributed by atoms with van der Waals surface area (Å²) in [5.41, 5.74) is 1.21. The SMILES string of the molecule is C=CC(C(=O)O)N1CCC(=C)CC1. The van der Waals surface area contributed by atoms with E-state index in [9.17, 15) is 4.79 Å². The minimum Gasteiger partial charge on any atom is -0.480 e. The highest BCUT2D eigenvalue weighted by atomic mass is 16.4. The van der Waals surface area contributed by atoms with E-state index in [-0.39, 0.29) is 0 Å². The minimum atomic E-state index is -0.817. The van der Waals surface area contributed by atoms with Crippen molar-refractivity contribution in [3.63, 3.8) is 0 Å². The number of carboxylic acids is 1. The molecule has 13 heavy (non-hydrogen) atoms. The van der Waals surface area contributed by atoms with Gasteiger partial charge < -0.3 is 5.11 Å². The number of carbonyl (C=O) groups is 1. The van der Waals surface area contributed by atoms with Crippen LogP contribution in [0.5, 0.6) is 0 Å². The summed E-state index contributed by atoms with van der Waals surface area (Å²) in [5.74, 6) is -0.817. The van der Waals surface area contributed by atoms with Crippen molar-refractivity contribution in [2.75, 3.05) is 13.1 Å². The van der Waals surface area contributed by atoms with Gasteiger partial charge in [-0.1, -0.05) is 18.2 Å². The maximum Gasteiger partial charge on any atom is 0.324 e. The summed E-state index contributed by atoms with van der Waals surface area (Å²) < 4.78 is 0. The molecule has 0 radical (unpaired) electrons. The smallest absolute Gasteiger partial charge is 0.324 e. The lowest BCUT2D eigenvalue weighted by Gasteiger charge is -2.31. The van der Waals surface area contributed by atoms with Crippen molar-refractivity contribution in [2.45, 2.75) is 18.9 Å². The van der Waals surface area contributed by atoms with E-state index in [1.54, 1.807) is 0 Å². The maximum atomic E-state index is 10.8. The Hall–Kier alpha value is -1.09. The van der Waals surface area contributed by atoms with Gasteiger partial charge in [0.2, 0.25) is 0 Å².